The molecule has 0 amide bonds. The molecule has 6 heteroatoms. The van der Waals surface area contributed by atoms with Crippen molar-refractivity contribution in [2.24, 2.45) is 5.92 Å². The van der Waals surface area contributed by atoms with Crippen molar-refractivity contribution in [1.29, 1.82) is 0 Å². The lowest BCUT2D eigenvalue weighted by atomic mass is 10.0. The quantitative estimate of drug-likeness (QED) is 0.178. The van der Waals surface area contributed by atoms with E-state index in [0.717, 1.165) is 5.92 Å². The van der Waals surface area contributed by atoms with Crippen molar-refractivity contribution in [1.82, 2.24) is 0 Å². The van der Waals surface area contributed by atoms with Gasteiger partial charge in [0.25, 0.3) is 0 Å². The third-order valence-corrected chi connectivity index (χ3v) is 5.51. The molecule has 1 rings (SSSR count). The van der Waals surface area contributed by atoms with Gasteiger partial charge in [0.05, 0.1) is 19.6 Å². The van der Waals surface area contributed by atoms with E-state index in [0.29, 0.717) is 0 Å². The van der Waals surface area contributed by atoms with Gasteiger partial charge in [-0.05, 0) is 12.8 Å². The molecule has 0 aromatic carbocycles. The van der Waals surface area contributed by atoms with Crippen LogP contribution in [0.4, 0.5) is 17.3 Å². The zero-order chi connectivity index (χ0) is 20.4. The summed E-state index contributed by atoms with van der Waals surface area (Å²) in [6.07, 6.45) is 22.1. The molecule has 0 bridgehead atoms. The van der Waals surface area contributed by atoms with Crippen molar-refractivity contribution in [3.8, 4) is 0 Å². The molecule has 0 spiro atoms. The minimum absolute atomic E-state index is 0.988. The Kier molecular flexibility index (Phi) is 17.6. The number of unbranched alkanes of at least 4 members (excludes halogenated alkanes) is 13. The van der Waals surface area contributed by atoms with Crippen molar-refractivity contribution in [2.45, 2.75) is 110 Å². The fourth-order valence-corrected chi connectivity index (χ4v) is 3.94. The van der Waals surface area contributed by atoms with Crippen LogP contribution in [0, 0.1) is 5.92 Å². The monoisotopic (exact) mass is 397 g/mol. The molecule has 0 radical (unpaired) electrons. The maximum absolute atomic E-state index is 9.75. The van der Waals surface area contributed by atoms with Crippen LogP contribution >= 0.6 is 0 Å². The van der Waals surface area contributed by atoms with E-state index in [2.05, 4.69) is 13.8 Å². The van der Waals surface area contributed by atoms with Crippen LogP contribution in [0.2, 0.25) is 0 Å². The number of nitrogens with one attached hydrogen (secondary N) is 1. The number of hydrogen-bond acceptors (Lipinski definition) is 0. The molecule has 1 N–H and O–H groups in total. The highest BCUT2D eigenvalue weighted by molar-refractivity contribution is 6.50. The molecule has 1 aliphatic rings. The van der Waals surface area contributed by atoms with Crippen LogP contribution in [-0.4, -0.2) is 26.9 Å². The number of likely N-dealkylation sites (tertiary alicyclic amines) is 1. The normalized spacial score (nSPS) is 19.8. The lowest BCUT2D eigenvalue weighted by molar-refractivity contribution is -0.889. The first-order chi connectivity index (χ1) is 12.8. The Morgan fingerprint density at radius 3 is 1.41 bits per heavy atom. The molecule has 0 aromatic heterocycles. The molecule has 27 heavy (non-hydrogen) atoms. The zero-order valence-corrected chi connectivity index (χ0v) is 17.9. The molecule has 1 heterocycles. The first-order valence-corrected chi connectivity index (χ1v) is 11.5. The van der Waals surface area contributed by atoms with E-state index in [1.54, 1.807) is 0 Å². The molecule has 2 unspecified atom stereocenters. The van der Waals surface area contributed by atoms with Crippen molar-refractivity contribution in [3.05, 3.63) is 0 Å². The summed E-state index contributed by atoms with van der Waals surface area (Å²) < 4.78 is 39.0. The highest BCUT2D eigenvalue weighted by Crippen LogP contribution is 2.12. The molecule has 0 aromatic rings. The van der Waals surface area contributed by atoms with Gasteiger partial charge in [-0.2, -0.15) is 0 Å². The van der Waals surface area contributed by atoms with Gasteiger partial charge < -0.3 is 22.2 Å². The first kappa shape index (κ1) is 26.7. The maximum atomic E-state index is 9.75. The Bertz CT molecular complexity index is 307. The summed E-state index contributed by atoms with van der Waals surface area (Å²) in [5.41, 5.74) is 0. The van der Waals surface area contributed by atoms with E-state index in [1.807, 2.05) is 4.90 Å². The topological polar surface area (TPSA) is 4.44 Å². The number of halogens is 4. The van der Waals surface area contributed by atoms with Gasteiger partial charge in [0.15, 0.2) is 0 Å². The maximum Gasteiger partial charge on any atom is 0.673 e. The van der Waals surface area contributed by atoms with Crippen molar-refractivity contribution < 1.29 is 22.2 Å². The summed E-state index contributed by atoms with van der Waals surface area (Å²) in [5, 5.41) is 0. The summed E-state index contributed by atoms with van der Waals surface area (Å²) in [6, 6.07) is 0. The summed E-state index contributed by atoms with van der Waals surface area (Å²) in [5.74, 6) is 0.988. The SMILES string of the molecule is CCCCCCCCCCCCCCCC[NH+]1CCC(C)C1.F[B-](F)(F)F. The zero-order valence-electron chi connectivity index (χ0n) is 17.9. The molecular weight excluding hydrogens is 353 g/mol. The van der Waals surface area contributed by atoms with E-state index in [9.17, 15) is 17.3 Å². The van der Waals surface area contributed by atoms with Crippen LogP contribution in [0.25, 0.3) is 0 Å². The van der Waals surface area contributed by atoms with Gasteiger partial charge in [0.1, 0.15) is 0 Å². The standard InChI is InChI=1S/C21H43N.BF4/c1-3-4-5-6-7-8-9-10-11-12-13-14-15-16-18-22-19-17-21(2)20-22;2-1(3,4)5/h21H,3-20H2,1-2H3;/q;-1/p+1. The third-order valence-electron chi connectivity index (χ3n) is 5.51. The number of rotatable bonds is 15. The number of quaternary nitrogens is 1. The Morgan fingerprint density at radius 2 is 1.07 bits per heavy atom. The molecule has 1 aliphatic heterocycles. The van der Waals surface area contributed by atoms with Crippen LogP contribution in [0.3, 0.4) is 0 Å². The van der Waals surface area contributed by atoms with Gasteiger partial charge in [-0.25, -0.2) is 0 Å². The van der Waals surface area contributed by atoms with Crippen molar-refractivity contribution in [3.63, 3.8) is 0 Å². The van der Waals surface area contributed by atoms with Crippen LogP contribution in [0.1, 0.15) is 110 Å². The van der Waals surface area contributed by atoms with Gasteiger partial charge in [-0.1, -0.05) is 90.9 Å². The van der Waals surface area contributed by atoms with Crippen molar-refractivity contribution in [2.75, 3.05) is 19.6 Å². The van der Waals surface area contributed by atoms with Crippen LogP contribution < -0.4 is 4.90 Å². The average molecular weight is 397 g/mol. The molecule has 1 nitrogen and oxygen atoms in total. The van der Waals surface area contributed by atoms with Gasteiger partial charge in [0.2, 0.25) is 0 Å². The Morgan fingerprint density at radius 1 is 0.704 bits per heavy atom. The van der Waals surface area contributed by atoms with E-state index < -0.39 is 7.25 Å². The van der Waals surface area contributed by atoms with Crippen molar-refractivity contribution >= 4 is 7.25 Å². The van der Waals surface area contributed by atoms with Gasteiger partial charge in [0, 0.05) is 12.3 Å². The summed E-state index contributed by atoms with van der Waals surface area (Å²) >= 11 is 0. The van der Waals surface area contributed by atoms with Crippen LogP contribution in [-0.2, 0) is 0 Å². The Hall–Kier alpha value is -0.255. The molecule has 2 atom stereocenters. The summed E-state index contributed by atoms with van der Waals surface area (Å²) in [6.45, 7) is 9.05. The predicted octanol–water partition coefficient (Wildman–Crippen LogP) is 6.69. The van der Waals surface area contributed by atoms with E-state index in [4.69, 9.17) is 0 Å². The minimum atomic E-state index is -6.00. The largest absolute Gasteiger partial charge is 0.673 e. The molecule has 0 aliphatic carbocycles. The highest BCUT2D eigenvalue weighted by atomic mass is 19.5. The van der Waals surface area contributed by atoms with Gasteiger partial charge in [-0.15, -0.1) is 0 Å². The molecule has 1 fully saturated rings. The minimum Gasteiger partial charge on any atom is -0.418 e. The van der Waals surface area contributed by atoms with Gasteiger partial charge >= 0.3 is 7.25 Å². The average Bonchev–Trinajstić information content (AvgIpc) is 2.99. The van der Waals surface area contributed by atoms with E-state index in [1.165, 1.54) is 116 Å². The van der Waals surface area contributed by atoms with Crippen LogP contribution in [0.15, 0.2) is 0 Å². The second kappa shape index (κ2) is 17.8. The molecule has 0 saturated carbocycles. The molecule has 164 valence electrons. The third kappa shape index (κ3) is 23.7. The lowest BCUT2D eigenvalue weighted by Gasteiger charge is -2.12. The lowest BCUT2D eigenvalue weighted by Crippen LogP contribution is -3.10. The van der Waals surface area contributed by atoms with E-state index >= 15 is 0 Å². The molecular formula is C21H44BF4N. The predicted molar refractivity (Wildman–Crippen MR) is 110 cm³/mol. The number of hydrogen-bond donors (Lipinski definition) is 1. The highest BCUT2D eigenvalue weighted by Gasteiger charge is 2.21. The van der Waals surface area contributed by atoms with Crippen LogP contribution in [0.5, 0.6) is 0 Å². The second-order valence-electron chi connectivity index (χ2n) is 8.44. The second-order valence-corrected chi connectivity index (χ2v) is 8.44. The summed E-state index contributed by atoms with van der Waals surface area (Å²) in [7, 11) is -6.00. The van der Waals surface area contributed by atoms with E-state index in [-0.39, 0.29) is 0 Å². The smallest absolute Gasteiger partial charge is 0.418 e. The first-order valence-electron chi connectivity index (χ1n) is 11.5. The summed E-state index contributed by atoms with van der Waals surface area (Å²) in [4.78, 5) is 1.88. The molecule has 1 saturated heterocycles. The Balaban J connectivity index is 0.00000119. The van der Waals surface area contributed by atoms with Gasteiger partial charge in [-0.3, -0.25) is 0 Å². The Labute approximate surface area is 165 Å². The fraction of sp³-hybridized carbons (Fsp3) is 1.00. The fourth-order valence-electron chi connectivity index (χ4n) is 3.94.